The number of rotatable bonds is 5. The molecule has 10 heteroatoms. The summed E-state index contributed by atoms with van der Waals surface area (Å²) in [7, 11) is 0. The number of halogens is 3. The molecular weight excluding hydrogens is 407 g/mol. The van der Waals surface area contributed by atoms with E-state index in [0.717, 1.165) is 6.07 Å². The summed E-state index contributed by atoms with van der Waals surface area (Å²) >= 11 is 17.5. The van der Waals surface area contributed by atoms with Crippen molar-refractivity contribution in [2.24, 2.45) is 0 Å². The Bertz CT molecular complexity index is 868. The Morgan fingerprint density at radius 1 is 1.12 bits per heavy atom. The van der Waals surface area contributed by atoms with Crippen LogP contribution in [0.2, 0.25) is 15.1 Å². The summed E-state index contributed by atoms with van der Waals surface area (Å²) in [6, 6.07) is 7.71. The molecule has 1 amide bonds. The first kappa shape index (κ1) is 20.0. The topological polar surface area (TPSA) is 98.5 Å². The summed E-state index contributed by atoms with van der Waals surface area (Å²) in [6.45, 7) is 1.34. The quantitative estimate of drug-likeness (QED) is 0.430. The fourth-order valence-corrected chi connectivity index (χ4v) is 2.60. The molecule has 1 atom stereocenters. The van der Waals surface area contributed by atoms with E-state index in [-0.39, 0.29) is 32.0 Å². The zero-order valence-corrected chi connectivity index (χ0v) is 15.4. The minimum absolute atomic E-state index is 0.0274. The number of anilines is 1. The molecule has 0 fully saturated rings. The van der Waals surface area contributed by atoms with Gasteiger partial charge in [0.15, 0.2) is 6.10 Å². The second kappa shape index (κ2) is 8.35. The van der Waals surface area contributed by atoms with Crippen LogP contribution in [0.1, 0.15) is 17.3 Å². The van der Waals surface area contributed by atoms with Crippen molar-refractivity contribution in [3.63, 3.8) is 0 Å². The molecular formula is C16H11Cl3N2O5. The molecule has 1 unspecified atom stereocenters. The predicted octanol–water partition coefficient (Wildman–Crippen LogP) is 4.74. The standard InChI is InChI=1S/C16H11Cl3N2O5/c1-8(26-16(23)9-4-10(17)6-11(18)5-9)15(22)20-14-7-12(21(24)25)2-3-13(14)19/h2-8H,1H3,(H,20,22). The van der Waals surface area contributed by atoms with Crippen LogP contribution in [0, 0.1) is 10.1 Å². The number of amides is 1. The molecule has 0 saturated carbocycles. The van der Waals surface area contributed by atoms with Crippen LogP contribution in [0.4, 0.5) is 11.4 Å². The molecule has 0 bridgehead atoms. The Labute approximate surface area is 162 Å². The summed E-state index contributed by atoms with van der Waals surface area (Å²) in [5, 5.41) is 13.8. The number of carbonyl (C=O) groups is 2. The molecule has 0 heterocycles. The number of nitrogens with one attached hydrogen (secondary N) is 1. The average Bonchev–Trinajstić information content (AvgIpc) is 2.55. The minimum Gasteiger partial charge on any atom is -0.449 e. The molecule has 0 radical (unpaired) electrons. The molecule has 0 saturated heterocycles. The van der Waals surface area contributed by atoms with Crippen molar-refractivity contribution in [1.29, 1.82) is 0 Å². The van der Waals surface area contributed by atoms with Gasteiger partial charge in [-0.3, -0.25) is 14.9 Å². The molecule has 2 aromatic rings. The van der Waals surface area contributed by atoms with E-state index in [9.17, 15) is 19.7 Å². The Morgan fingerprint density at radius 2 is 1.73 bits per heavy atom. The van der Waals surface area contributed by atoms with Gasteiger partial charge in [-0.05, 0) is 31.2 Å². The maximum absolute atomic E-state index is 12.2. The van der Waals surface area contributed by atoms with Crippen LogP contribution in [-0.2, 0) is 9.53 Å². The van der Waals surface area contributed by atoms with Crippen LogP contribution in [0.25, 0.3) is 0 Å². The number of hydrogen-bond acceptors (Lipinski definition) is 5. The summed E-state index contributed by atoms with van der Waals surface area (Å²) < 4.78 is 5.05. The van der Waals surface area contributed by atoms with Crippen molar-refractivity contribution in [2.45, 2.75) is 13.0 Å². The van der Waals surface area contributed by atoms with Gasteiger partial charge in [0.25, 0.3) is 11.6 Å². The lowest BCUT2D eigenvalue weighted by molar-refractivity contribution is -0.384. The first-order valence-corrected chi connectivity index (χ1v) is 8.22. The number of non-ortho nitro benzene ring substituents is 1. The molecule has 26 heavy (non-hydrogen) atoms. The highest BCUT2D eigenvalue weighted by atomic mass is 35.5. The zero-order chi connectivity index (χ0) is 19.4. The first-order chi connectivity index (χ1) is 12.2. The van der Waals surface area contributed by atoms with Crippen LogP contribution in [0.3, 0.4) is 0 Å². The van der Waals surface area contributed by atoms with E-state index >= 15 is 0 Å². The van der Waals surface area contributed by atoms with Crippen LogP contribution in [0.5, 0.6) is 0 Å². The molecule has 7 nitrogen and oxygen atoms in total. The fourth-order valence-electron chi connectivity index (χ4n) is 1.91. The first-order valence-electron chi connectivity index (χ1n) is 7.09. The van der Waals surface area contributed by atoms with Crippen molar-refractivity contribution >= 4 is 58.1 Å². The highest BCUT2D eigenvalue weighted by Gasteiger charge is 2.21. The largest absolute Gasteiger partial charge is 0.449 e. The minimum atomic E-state index is -1.20. The van der Waals surface area contributed by atoms with Crippen LogP contribution >= 0.6 is 34.8 Å². The lowest BCUT2D eigenvalue weighted by Gasteiger charge is -2.14. The molecule has 0 spiro atoms. The van der Waals surface area contributed by atoms with Crippen molar-refractivity contribution in [3.05, 3.63) is 67.1 Å². The number of nitro benzene ring substituents is 1. The summed E-state index contributed by atoms with van der Waals surface area (Å²) in [5.41, 5.74) is -0.141. The highest BCUT2D eigenvalue weighted by molar-refractivity contribution is 6.35. The lowest BCUT2D eigenvalue weighted by atomic mass is 10.2. The second-order valence-corrected chi connectivity index (χ2v) is 6.40. The maximum atomic E-state index is 12.2. The summed E-state index contributed by atoms with van der Waals surface area (Å²) in [5.74, 6) is -1.52. The Kier molecular flexibility index (Phi) is 6.42. The smallest absolute Gasteiger partial charge is 0.339 e. The lowest BCUT2D eigenvalue weighted by Crippen LogP contribution is -2.30. The monoisotopic (exact) mass is 416 g/mol. The Hall–Kier alpha value is -2.35. The van der Waals surface area contributed by atoms with Crippen molar-refractivity contribution < 1.29 is 19.2 Å². The van der Waals surface area contributed by atoms with E-state index < -0.39 is 22.9 Å². The van der Waals surface area contributed by atoms with E-state index in [1.165, 1.54) is 37.3 Å². The fraction of sp³-hybridized carbons (Fsp3) is 0.125. The van der Waals surface area contributed by atoms with E-state index in [1.807, 2.05) is 0 Å². The van der Waals surface area contributed by atoms with Crippen molar-refractivity contribution in [1.82, 2.24) is 0 Å². The van der Waals surface area contributed by atoms with Gasteiger partial charge in [0, 0.05) is 22.2 Å². The number of nitro groups is 1. The number of benzene rings is 2. The third-order valence-electron chi connectivity index (χ3n) is 3.17. The van der Waals surface area contributed by atoms with Gasteiger partial charge in [0.05, 0.1) is 21.2 Å². The van der Waals surface area contributed by atoms with Gasteiger partial charge in [-0.1, -0.05) is 34.8 Å². The maximum Gasteiger partial charge on any atom is 0.339 e. The number of carbonyl (C=O) groups excluding carboxylic acids is 2. The van der Waals surface area contributed by atoms with Crippen molar-refractivity contribution in [2.75, 3.05) is 5.32 Å². The van der Waals surface area contributed by atoms with E-state index in [4.69, 9.17) is 39.5 Å². The third-order valence-corrected chi connectivity index (χ3v) is 3.94. The van der Waals surface area contributed by atoms with Gasteiger partial charge in [-0.15, -0.1) is 0 Å². The average molecular weight is 418 g/mol. The molecule has 2 aromatic carbocycles. The van der Waals surface area contributed by atoms with Gasteiger partial charge in [0.1, 0.15) is 0 Å². The molecule has 0 aliphatic rings. The van der Waals surface area contributed by atoms with Gasteiger partial charge in [-0.2, -0.15) is 0 Å². The Balaban J connectivity index is 2.09. The molecule has 1 N–H and O–H groups in total. The van der Waals surface area contributed by atoms with Gasteiger partial charge in [0.2, 0.25) is 0 Å². The number of hydrogen-bond donors (Lipinski definition) is 1. The van der Waals surface area contributed by atoms with E-state index in [2.05, 4.69) is 5.32 Å². The van der Waals surface area contributed by atoms with Crippen LogP contribution < -0.4 is 5.32 Å². The van der Waals surface area contributed by atoms with E-state index in [1.54, 1.807) is 0 Å². The zero-order valence-electron chi connectivity index (χ0n) is 13.2. The summed E-state index contributed by atoms with van der Waals surface area (Å²) in [4.78, 5) is 34.4. The van der Waals surface area contributed by atoms with Gasteiger partial charge >= 0.3 is 5.97 Å². The SMILES string of the molecule is CC(OC(=O)c1cc(Cl)cc(Cl)c1)C(=O)Nc1cc([N+](=O)[O-])ccc1Cl. The van der Waals surface area contributed by atoms with Gasteiger partial charge < -0.3 is 10.1 Å². The number of esters is 1. The molecule has 136 valence electrons. The molecule has 0 aromatic heterocycles. The predicted molar refractivity (Wildman–Crippen MR) is 98.1 cm³/mol. The Morgan fingerprint density at radius 3 is 2.31 bits per heavy atom. The van der Waals surface area contributed by atoms with Crippen molar-refractivity contribution in [3.8, 4) is 0 Å². The number of nitrogens with zero attached hydrogens (tertiary/aromatic N) is 1. The van der Waals surface area contributed by atoms with Crippen LogP contribution in [0.15, 0.2) is 36.4 Å². The molecule has 0 aliphatic heterocycles. The molecule has 2 rings (SSSR count). The highest BCUT2D eigenvalue weighted by Crippen LogP contribution is 2.27. The van der Waals surface area contributed by atoms with Crippen LogP contribution in [-0.4, -0.2) is 22.9 Å². The number of ether oxygens (including phenoxy) is 1. The normalized spacial score (nSPS) is 11.5. The second-order valence-electron chi connectivity index (χ2n) is 5.12. The molecule has 0 aliphatic carbocycles. The van der Waals surface area contributed by atoms with Gasteiger partial charge in [-0.25, -0.2) is 4.79 Å². The third kappa shape index (κ3) is 5.08. The summed E-state index contributed by atoms with van der Waals surface area (Å²) in [6.07, 6.45) is -1.20. The van der Waals surface area contributed by atoms with E-state index in [0.29, 0.717) is 0 Å².